The van der Waals surface area contributed by atoms with Gasteiger partial charge in [-0.25, -0.2) is 4.39 Å². The third-order valence-electron chi connectivity index (χ3n) is 2.66. The van der Waals surface area contributed by atoms with Crippen LogP contribution < -0.4 is 5.73 Å². The Morgan fingerprint density at radius 2 is 2.00 bits per heavy atom. The van der Waals surface area contributed by atoms with Crippen LogP contribution in [0.2, 0.25) is 0 Å². The van der Waals surface area contributed by atoms with Gasteiger partial charge in [-0.05, 0) is 10.6 Å². The van der Waals surface area contributed by atoms with E-state index in [1.165, 1.54) is 4.80 Å². The minimum atomic E-state index is -1.50. The Morgan fingerprint density at radius 3 is 2.33 bits per heavy atom. The molecule has 1 rings (SSSR count). The molecule has 1 aromatic rings. The van der Waals surface area contributed by atoms with E-state index < -0.39 is 11.1 Å². The fraction of sp³-hybridized carbons (Fsp3) is 0.889. The molecule has 0 saturated carbocycles. The summed E-state index contributed by atoms with van der Waals surface area (Å²) < 4.78 is 14.5. The first-order chi connectivity index (χ1) is 6.78. The number of hydrogen-bond donors (Lipinski definition) is 1. The molecule has 6 heteroatoms. The molecule has 1 atom stereocenters. The van der Waals surface area contributed by atoms with Gasteiger partial charge in [0.15, 0.2) is 5.82 Å². The third kappa shape index (κ3) is 2.50. The number of nitrogens with two attached hydrogens (primary N) is 1. The van der Waals surface area contributed by atoms with Gasteiger partial charge in [0.25, 0.3) is 0 Å². The molecule has 15 heavy (non-hydrogen) atoms. The SMILES string of the molecule is Cn1nnc(CC(F)(CN)C(C)(C)C)n1. The molecule has 0 aliphatic rings. The van der Waals surface area contributed by atoms with E-state index in [1.807, 2.05) is 20.8 Å². The summed E-state index contributed by atoms with van der Waals surface area (Å²) in [5.41, 5.74) is 3.45. The molecule has 0 aliphatic carbocycles. The lowest BCUT2D eigenvalue weighted by molar-refractivity contribution is 0.0362. The molecule has 0 spiro atoms. The van der Waals surface area contributed by atoms with Crippen molar-refractivity contribution in [2.24, 2.45) is 18.2 Å². The van der Waals surface area contributed by atoms with Crippen LogP contribution in [-0.2, 0) is 13.5 Å². The van der Waals surface area contributed by atoms with Gasteiger partial charge >= 0.3 is 0 Å². The van der Waals surface area contributed by atoms with Crippen molar-refractivity contribution in [1.29, 1.82) is 0 Å². The molecule has 0 aliphatic heterocycles. The molecule has 0 radical (unpaired) electrons. The van der Waals surface area contributed by atoms with Gasteiger partial charge in [-0.2, -0.15) is 4.80 Å². The Balaban J connectivity index is 2.86. The van der Waals surface area contributed by atoms with Gasteiger partial charge in [-0.15, -0.1) is 10.2 Å². The predicted octanol–water partition coefficient (Wildman–Crippen LogP) is 0.466. The summed E-state index contributed by atoms with van der Waals surface area (Å²) in [6.07, 6.45) is 0.0981. The maximum absolute atomic E-state index is 14.5. The number of tetrazole rings is 1. The number of hydrogen-bond acceptors (Lipinski definition) is 4. The van der Waals surface area contributed by atoms with Crippen molar-refractivity contribution >= 4 is 0 Å². The van der Waals surface area contributed by atoms with Gasteiger partial charge < -0.3 is 5.73 Å². The van der Waals surface area contributed by atoms with E-state index in [0.29, 0.717) is 5.82 Å². The Morgan fingerprint density at radius 1 is 1.40 bits per heavy atom. The van der Waals surface area contributed by atoms with E-state index in [4.69, 9.17) is 5.73 Å². The Kier molecular flexibility index (Phi) is 3.08. The highest BCUT2D eigenvalue weighted by molar-refractivity contribution is 4.99. The first-order valence-electron chi connectivity index (χ1n) is 4.90. The van der Waals surface area contributed by atoms with Gasteiger partial charge in [0.05, 0.1) is 7.05 Å². The van der Waals surface area contributed by atoms with Gasteiger partial charge in [-0.3, -0.25) is 0 Å². The van der Waals surface area contributed by atoms with Crippen molar-refractivity contribution in [3.05, 3.63) is 5.82 Å². The number of aromatic nitrogens is 4. The molecular formula is C9H18FN5. The highest BCUT2D eigenvalue weighted by atomic mass is 19.1. The molecular weight excluding hydrogens is 197 g/mol. The number of halogens is 1. The predicted molar refractivity (Wildman–Crippen MR) is 54.9 cm³/mol. The standard InChI is InChI=1S/C9H18FN5/c1-8(2,3)9(10,6-11)5-7-12-14-15(4)13-7/h5-6,11H2,1-4H3. The van der Waals surface area contributed by atoms with Crippen molar-refractivity contribution in [3.63, 3.8) is 0 Å². The maximum Gasteiger partial charge on any atom is 0.178 e. The van der Waals surface area contributed by atoms with E-state index in [1.54, 1.807) is 7.05 Å². The molecule has 0 fully saturated rings. The van der Waals surface area contributed by atoms with Crippen LogP contribution in [0, 0.1) is 5.41 Å². The van der Waals surface area contributed by atoms with Gasteiger partial charge in [-0.1, -0.05) is 20.8 Å². The molecule has 0 aromatic carbocycles. The van der Waals surface area contributed by atoms with Crippen molar-refractivity contribution in [2.45, 2.75) is 32.9 Å². The fourth-order valence-electron chi connectivity index (χ4n) is 1.29. The van der Waals surface area contributed by atoms with E-state index in [9.17, 15) is 4.39 Å². The number of alkyl halides is 1. The quantitative estimate of drug-likeness (QED) is 0.795. The summed E-state index contributed by atoms with van der Waals surface area (Å²) in [6, 6.07) is 0. The second kappa shape index (κ2) is 3.84. The molecule has 1 unspecified atom stereocenters. The van der Waals surface area contributed by atoms with Gasteiger partial charge in [0, 0.05) is 13.0 Å². The monoisotopic (exact) mass is 215 g/mol. The highest BCUT2D eigenvalue weighted by Crippen LogP contribution is 2.35. The Bertz CT molecular complexity index is 329. The van der Waals surface area contributed by atoms with E-state index in [2.05, 4.69) is 15.4 Å². The van der Waals surface area contributed by atoms with Crippen LogP contribution in [0.15, 0.2) is 0 Å². The Hall–Kier alpha value is -1.04. The van der Waals surface area contributed by atoms with Crippen LogP contribution in [0.5, 0.6) is 0 Å². The van der Waals surface area contributed by atoms with Crippen molar-refractivity contribution < 1.29 is 4.39 Å². The van der Waals surface area contributed by atoms with E-state index in [0.717, 1.165) is 0 Å². The van der Waals surface area contributed by atoms with Crippen molar-refractivity contribution in [2.75, 3.05) is 6.54 Å². The normalized spacial score (nSPS) is 16.4. The lowest BCUT2D eigenvalue weighted by Crippen LogP contribution is -2.47. The maximum atomic E-state index is 14.5. The zero-order valence-electron chi connectivity index (χ0n) is 9.66. The zero-order chi connectivity index (χ0) is 11.7. The average molecular weight is 215 g/mol. The first kappa shape index (κ1) is 12.0. The summed E-state index contributed by atoms with van der Waals surface area (Å²) in [5, 5.41) is 11.4. The number of aryl methyl sites for hydroxylation is 1. The summed E-state index contributed by atoms with van der Waals surface area (Å²) in [4.78, 5) is 1.31. The van der Waals surface area contributed by atoms with Gasteiger partial charge in [0.2, 0.25) is 0 Å². The topological polar surface area (TPSA) is 69.6 Å². The minimum absolute atomic E-state index is 0.0469. The average Bonchev–Trinajstić information content (AvgIpc) is 2.49. The first-order valence-corrected chi connectivity index (χ1v) is 4.90. The second-order valence-corrected chi connectivity index (χ2v) is 4.79. The lowest BCUT2D eigenvalue weighted by atomic mass is 9.76. The molecule has 0 saturated heterocycles. The number of rotatable bonds is 3. The molecule has 5 nitrogen and oxygen atoms in total. The Labute approximate surface area is 88.8 Å². The van der Waals surface area contributed by atoms with Crippen molar-refractivity contribution in [1.82, 2.24) is 20.2 Å². The van der Waals surface area contributed by atoms with Crippen LogP contribution in [0.1, 0.15) is 26.6 Å². The van der Waals surface area contributed by atoms with E-state index >= 15 is 0 Å². The lowest BCUT2D eigenvalue weighted by Gasteiger charge is -2.35. The molecule has 86 valence electrons. The molecule has 0 bridgehead atoms. The van der Waals surface area contributed by atoms with Gasteiger partial charge in [0.1, 0.15) is 5.67 Å². The minimum Gasteiger partial charge on any atom is -0.327 e. The molecule has 0 amide bonds. The summed E-state index contributed by atoms with van der Waals surface area (Å²) in [5.74, 6) is 0.389. The highest BCUT2D eigenvalue weighted by Gasteiger charge is 2.42. The van der Waals surface area contributed by atoms with Crippen LogP contribution >= 0.6 is 0 Å². The smallest absolute Gasteiger partial charge is 0.178 e. The summed E-state index contributed by atoms with van der Waals surface area (Å²) in [7, 11) is 1.65. The molecule has 2 N–H and O–H groups in total. The number of nitrogens with zero attached hydrogens (tertiary/aromatic N) is 4. The van der Waals surface area contributed by atoms with Crippen molar-refractivity contribution in [3.8, 4) is 0 Å². The fourth-order valence-corrected chi connectivity index (χ4v) is 1.29. The molecule has 1 aromatic heterocycles. The van der Waals surface area contributed by atoms with E-state index in [-0.39, 0.29) is 13.0 Å². The summed E-state index contributed by atoms with van der Waals surface area (Å²) in [6.45, 7) is 5.40. The van der Waals surface area contributed by atoms with Crippen LogP contribution in [0.25, 0.3) is 0 Å². The van der Waals surface area contributed by atoms with Crippen LogP contribution in [-0.4, -0.2) is 32.4 Å². The summed E-state index contributed by atoms with van der Waals surface area (Å²) >= 11 is 0. The zero-order valence-corrected chi connectivity index (χ0v) is 9.66. The van der Waals surface area contributed by atoms with Crippen LogP contribution in [0.3, 0.4) is 0 Å². The molecule has 1 heterocycles. The second-order valence-electron chi connectivity index (χ2n) is 4.79. The third-order valence-corrected chi connectivity index (χ3v) is 2.66. The van der Waals surface area contributed by atoms with Crippen LogP contribution in [0.4, 0.5) is 4.39 Å². The largest absolute Gasteiger partial charge is 0.327 e.